The standard InChI is InChI=1S/C13H18N6O3S/c1-6(2)10-7(4-9(23(20)21)12(18-10)22-3)17-8-5-16-13(15)19-11(8)14/h4-6,17H,1-3H3,(H,20,21)(H4,14,15,16,19). The number of hydrogen-bond donors (Lipinski definition) is 4. The number of nitrogens with one attached hydrogen (secondary N) is 1. The fourth-order valence-corrected chi connectivity index (χ4v) is 2.45. The monoisotopic (exact) mass is 338 g/mol. The van der Waals surface area contributed by atoms with Crippen molar-refractivity contribution in [3.05, 3.63) is 18.0 Å². The van der Waals surface area contributed by atoms with Gasteiger partial charge < -0.3 is 26.1 Å². The first kappa shape index (κ1) is 16.9. The smallest absolute Gasteiger partial charge is 0.232 e. The number of rotatable bonds is 5. The van der Waals surface area contributed by atoms with E-state index in [4.69, 9.17) is 16.2 Å². The van der Waals surface area contributed by atoms with E-state index < -0.39 is 11.1 Å². The third kappa shape index (κ3) is 3.66. The Morgan fingerprint density at radius 2 is 2.00 bits per heavy atom. The first-order valence-corrected chi connectivity index (χ1v) is 7.79. The summed E-state index contributed by atoms with van der Waals surface area (Å²) in [5.74, 6) is 0.349. The Hall–Kier alpha value is -2.46. The van der Waals surface area contributed by atoms with Crippen molar-refractivity contribution < 1.29 is 13.5 Å². The lowest BCUT2D eigenvalue weighted by Crippen LogP contribution is -2.08. The summed E-state index contributed by atoms with van der Waals surface area (Å²) < 4.78 is 26.0. The number of methoxy groups -OCH3 is 1. The molecule has 0 aliphatic heterocycles. The lowest BCUT2D eigenvalue weighted by molar-refractivity contribution is 0.382. The maximum Gasteiger partial charge on any atom is 0.232 e. The third-order valence-electron chi connectivity index (χ3n) is 3.02. The quantitative estimate of drug-likeness (QED) is 0.594. The van der Waals surface area contributed by atoms with Crippen LogP contribution in [-0.2, 0) is 11.1 Å². The molecule has 0 aliphatic rings. The zero-order valence-electron chi connectivity index (χ0n) is 12.9. The number of nitrogens with zero attached hydrogens (tertiary/aromatic N) is 3. The summed E-state index contributed by atoms with van der Waals surface area (Å²) in [6, 6.07) is 1.49. The van der Waals surface area contributed by atoms with Gasteiger partial charge in [-0.15, -0.1) is 0 Å². The molecule has 0 saturated carbocycles. The number of hydrogen-bond acceptors (Lipinski definition) is 8. The van der Waals surface area contributed by atoms with Gasteiger partial charge in [0.15, 0.2) is 16.9 Å². The molecule has 2 rings (SSSR count). The Morgan fingerprint density at radius 1 is 1.30 bits per heavy atom. The van der Waals surface area contributed by atoms with Gasteiger partial charge in [0.25, 0.3) is 0 Å². The number of pyridine rings is 1. The Labute approximate surface area is 135 Å². The Morgan fingerprint density at radius 3 is 2.52 bits per heavy atom. The van der Waals surface area contributed by atoms with E-state index in [9.17, 15) is 8.76 Å². The molecule has 2 aromatic rings. The van der Waals surface area contributed by atoms with Crippen molar-refractivity contribution in [3.8, 4) is 5.88 Å². The van der Waals surface area contributed by atoms with Crippen molar-refractivity contribution >= 4 is 34.2 Å². The molecule has 0 aromatic carbocycles. The molecule has 2 heterocycles. The molecular formula is C13H18N6O3S. The zero-order chi connectivity index (χ0) is 17.1. The van der Waals surface area contributed by atoms with Crippen LogP contribution in [0.1, 0.15) is 25.5 Å². The van der Waals surface area contributed by atoms with E-state index in [1.54, 1.807) is 0 Å². The van der Waals surface area contributed by atoms with Crippen LogP contribution in [-0.4, -0.2) is 30.8 Å². The fourth-order valence-electron chi connectivity index (χ4n) is 1.95. The molecule has 6 N–H and O–H groups in total. The van der Waals surface area contributed by atoms with Crippen molar-refractivity contribution in [1.29, 1.82) is 0 Å². The second kappa shape index (κ2) is 6.75. The highest BCUT2D eigenvalue weighted by Gasteiger charge is 2.19. The molecule has 10 heteroatoms. The topological polar surface area (TPSA) is 149 Å². The number of nitrogen functional groups attached to an aromatic ring is 2. The van der Waals surface area contributed by atoms with Crippen LogP contribution >= 0.6 is 0 Å². The van der Waals surface area contributed by atoms with Gasteiger partial charge in [-0.3, -0.25) is 0 Å². The van der Waals surface area contributed by atoms with Crippen LogP contribution in [0.2, 0.25) is 0 Å². The van der Waals surface area contributed by atoms with Gasteiger partial charge in [-0.2, -0.15) is 4.98 Å². The second-order valence-corrected chi connectivity index (χ2v) is 5.92. The molecule has 0 aliphatic carbocycles. The van der Waals surface area contributed by atoms with E-state index in [0.717, 1.165) is 0 Å². The van der Waals surface area contributed by atoms with Crippen LogP contribution in [0.4, 0.5) is 23.1 Å². The van der Waals surface area contributed by atoms with E-state index in [1.807, 2.05) is 13.8 Å². The van der Waals surface area contributed by atoms with E-state index in [-0.39, 0.29) is 28.5 Å². The van der Waals surface area contributed by atoms with Gasteiger partial charge in [-0.05, 0) is 12.0 Å². The van der Waals surface area contributed by atoms with Gasteiger partial charge in [0.2, 0.25) is 11.8 Å². The van der Waals surface area contributed by atoms with Gasteiger partial charge in [-0.25, -0.2) is 14.2 Å². The second-order valence-electron chi connectivity index (χ2n) is 4.98. The summed E-state index contributed by atoms with van der Waals surface area (Å²) in [4.78, 5) is 12.1. The summed E-state index contributed by atoms with van der Waals surface area (Å²) in [7, 11) is 1.39. The first-order chi connectivity index (χ1) is 10.8. The molecule has 0 bridgehead atoms. The van der Waals surface area contributed by atoms with Crippen LogP contribution in [0.15, 0.2) is 17.2 Å². The van der Waals surface area contributed by atoms with Gasteiger partial charge in [-0.1, -0.05) is 13.8 Å². The van der Waals surface area contributed by atoms with Crippen LogP contribution in [0.3, 0.4) is 0 Å². The fraction of sp³-hybridized carbons (Fsp3) is 0.308. The Kier molecular flexibility index (Phi) is 4.96. The minimum Gasteiger partial charge on any atom is -0.480 e. The van der Waals surface area contributed by atoms with Gasteiger partial charge >= 0.3 is 0 Å². The number of ether oxygens (including phenoxy) is 1. The number of nitrogens with two attached hydrogens (primary N) is 2. The molecule has 0 amide bonds. The van der Waals surface area contributed by atoms with Gasteiger partial charge in [0.05, 0.1) is 24.7 Å². The first-order valence-electron chi connectivity index (χ1n) is 6.68. The van der Waals surface area contributed by atoms with Crippen molar-refractivity contribution in [2.45, 2.75) is 24.7 Å². The highest BCUT2D eigenvalue weighted by molar-refractivity contribution is 7.79. The summed E-state index contributed by atoms with van der Waals surface area (Å²) in [6.45, 7) is 3.87. The molecule has 9 nitrogen and oxygen atoms in total. The molecule has 1 atom stereocenters. The lowest BCUT2D eigenvalue weighted by atomic mass is 10.1. The highest BCUT2D eigenvalue weighted by atomic mass is 32.2. The van der Waals surface area contributed by atoms with E-state index in [0.29, 0.717) is 17.1 Å². The number of anilines is 4. The van der Waals surface area contributed by atoms with Gasteiger partial charge in [0, 0.05) is 0 Å². The van der Waals surface area contributed by atoms with E-state index in [1.165, 1.54) is 19.4 Å². The summed E-state index contributed by atoms with van der Waals surface area (Å²) >= 11 is -2.25. The normalized spacial score (nSPS) is 12.2. The minimum absolute atomic E-state index is 0.0310. The van der Waals surface area contributed by atoms with Crippen LogP contribution in [0.25, 0.3) is 0 Å². The van der Waals surface area contributed by atoms with Crippen LogP contribution in [0.5, 0.6) is 5.88 Å². The van der Waals surface area contributed by atoms with Crippen molar-refractivity contribution in [3.63, 3.8) is 0 Å². The lowest BCUT2D eigenvalue weighted by Gasteiger charge is -2.17. The minimum atomic E-state index is -2.25. The molecule has 0 radical (unpaired) electrons. The Bertz CT molecular complexity index is 753. The largest absolute Gasteiger partial charge is 0.480 e. The molecule has 0 saturated heterocycles. The van der Waals surface area contributed by atoms with Crippen LogP contribution in [0, 0.1) is 0 Å². The van der Waals surface area contributed by atoms with E-state index >= 15 is 0 Å². The molecular weight excluding hydrogens is 320 g/mol. The predicted octanol–water partition coefficient (Wildman–Crippen LogP) is 1.49. The SMILES string of the molecule is COc1nc(C(C)C)c(Nc2cnc(N)nc2N)cc1S(=O)O. The highest BCUT2D eigenvalue weighted by Crippen LogP contribution is 2.33. The predicted molar refractivity (Wildman–Crippen MR) is 88.1 cm³/mol. The van der Waals surface area contributed by atoms with Crippen LogP contribution < -0.4 is 21.5 Å². The maximum absolute atomic E-state index is 11.5. The average molecular weight is 338 g/mol. The summed E-state index contributed by atoms with van der Waals surface area (Å²) in [6.07, 6.45) is 1.43. The average Bonchev–Trinajstić information content (AvgIpc) is 2.49. The molecule has 0 fully saturated rings. The summed E-state index contributed by atoms with van der Waals surface area (Å²) in [5, 5.41) is 3.03. The molecule has 1 unspecified atom stereocenters. The Balaban J connectivity index is 2.55. The van der Waals surface area contributed by atoms with Gasteiger partial charge in [0.1, 0.15) is 10.6 Å². The van der Waals surface area contributed by atoms with E-state index in [2.05, 4.69) is 20.3 Å². The zero-order valence-corrected chi connectivity index (χ0v) is 13.7. The van der Waals surface area contributed by atoms with Crippen molar-refractivity contribution in [2.24, 2.45) is 0 Å². The maximum atomic E-state index is 11.5. The molecule has 124 valence electrons. The van der Waals surface area contributed by atoms with Crippen molar-refractivity contribution in [1.82, 2.24) is 15.0 Å². The number of aromatic nitrogens is 3. The third-order valence-corrected chi connectivity index (χ3v) is 3.69. The molecule has 0 spiro atoms. The molecule has 23 heavy (non-hydrogen) atoms. The molecule has 2 aromatic heterocycles. The van der Waals surface area contributed by atoms with Crippen molar-refractivity contribution in [2.75, 3.05) is 23.9 Å². The summed E-state index contributed by atoms with van der Waals surface area (Å²) in [5.41, 5.74) is 12.8.